The molecule has 8 heteroatoms. The first-order chi connectivity index (χ1) is 14.1. The zero-order valence-corrected chi connectivity index (χ0v) is 20.6. The van der Waals surface area contributed by atoms with Gasteiger partial charge in [0.25, 0.3) is 0 Å². The standard InChI is InChI=1S/C22H30N4O2S.HI/c1-23-22(26-16-14-25(15-17-26)21-11-6-3-7-12-21)24-13-8-18-29(27,28)19-20-9-4-2-5-10-20;/h2-7,9-12H,8,13-19H2,1H3,(H,23,24);1H. The van der Waals surface area contributed by atoms with Crippen LogP contribution in [0.1, 0.15) is 12.0 Å². The number of nitrogens with zero attached hydrogens (tertiary/aromatic N) is 3. The van der Waals surface area contributed by atoms with E-state index in [0.29, 0.717) is 13.0 Å². The average Bonchev–Trinajstić information content (AvgIpc) is 2.75. The SMILES string of the molecule is CN=C(NCCCS(=O)(=O)Cc1ccccc1)N1CCN(c2ccccc2)CC1.I. The molecule has 0 saturated carbocycles. The molecule has 6 nitrogen and oxygen atoms in total. The summed E-state index contributed by atoms with van der Waals surface area (Å²) in [5, 5.41) is 3.32. The van der Waals surface area contributed by atoms with Gasteiger partial charge in [0, 0.05) is 45.5 Å². The smallest absolute Gasteiger partial charge is 0.193 e. The Labute approximate surface area is 197 Å². The lowest BCUT2D eigenvalue weighted by molar-refractivity contribution is 0.373. The molecule has 0 atom stereocenters. The Kier molecular flexibility index (Phi) is 9.90. The van der Waals surface area contributed by atoms with E-state index < -0.39 is 9.84 Å². The Morgan fingerprint density at radius 3 is 2.17 bits per heavy atom. The Morgan fingerprint density at radius 1 is 0.967 bits per heavy atom. The number of guanidine groups is 1. The van der Waals surface area contributed by atoms with Gasteiger partial charge in [-0.15, -0.1) is 24.0 Å². The normalized spacial score (nSPS) is 14.9. The van der Waals surface area contributed by atoms with Gasteiger partial charge in [0.15, 0.2) is 15.8 Å². The molecule has 164 valence electrons. The molecule has 0 unspecified atom stereocenters. The number of hydrogen-bond acceptors (Lipinski definition) is 4. The van der Waals surface area contributed by atoms with Crippen molar-refractivity contribution >= 4 is 45.5 Å². The quantitative estimate of drug-likeness (QED) is 0.252. The van der Waals surface area contributed by atoms with Crippen molar-refractivity contribution in [2.45, 2.75) is 12.2 Å². The Morgan fingerprint density at radius 2 is 1.57 bits per heavy atom. The van der Waals surface area contributed by atoms with Crippen LogP contribution in [0.15, 0.2) is 65.7 Å². The lowest BCUT2D eigenvalue weighted by atomic mass is 10.2. The molecule has 3 rings (SSSR count). The van der Waals surface area contributed by atoms with E-state index in [4.69, 9.17) is 0 Å². The molecule has 1 aliphatic rings. The van der Waals surface area contributed by atoms with E-state index in [9.17, 15) is 8.42 Å². The van der Waals surface area contributed by atoms with Crippen molar-refractivity contribution in [3.05, 3.63) is 66.2 Å². The predicted octanol–water partition coefficient (Wildman–Crippen LogP) is 3.01. The maximum absolute atomic E-state index is 12.3. The highest BCUT2D eigenvalue weighted by Gasteiger charge is 2.19. The number of nitrogens with one attached hydrogen (secondary N) is 1. The van der Waals surface area contributed by atoms with Crippen LogP contribution in [0.5, 0.6) is 0 Å². The minimum absolute atomic E-state index is 0. The summed E-state index contributed by atoms with van der Waals surface area (Å²) in [5.41, 5.74) is 2.09. The molecule has 1 N–H and O–H groups in total. The van der Waals surface area contributed by atoms with E-state index in [-0.39, 0.29) is 35.5 Å². The zero-order valence-electron chi connectivity index (χ0n) is 17.4. The molecule has 2 aromatic carbocycles. The molecular formula is C22H31IN4O2S. The number of halogens is 1. The minimum Gasteiger partial charge on any atom is -0.368 e. The van der Waals surface area contributed by atoms with Crippen molar-refractivity contribution < 1.29 is 8.42 Å². The third-order valence-electron chi connectivity index (χ3n) is 5.06. The predicted molar refractivity (Wildman–Crippen MR) is 136 cm³/mol. The van der Waals surface area contributed by atoms with Crippen LogP contribution in [0.3, 0.4) is 0 Å². The summed E-state index contributed by atoms with van der Waals surface area (Å²) in [5.74, 6) is 1.12. The summed E-state index contributed by atoms with van der Waals surface area (Å²) in [6.45, 7) is 4.26. The second-order valence-electron chi connectivity index (χ2n) is 7.21. The fourth-order valence-electron chi connectivity index (χ4n) is 3.54. The van der Waals surface area contributed by atoms with Crippen molar-refractivity contribution in [2.75, 3.05) is 50.4 Å². The summed E-state index contributed by atoms with van der Waals surface area (Å²) >= 11 is 0. The van der Waals surface area contributed by atoms with E-state index in [1.165, 1.54) is 5.69 Å². The summed E-state index contributed by atoms with van der Waals surface area (Å²) in [6, 6.07) is 19.8. The molecule has 1 heterocycles. The van der Waals surface area contributed by atoms with Gasteiger partial charge >= 0.3 is 0 Å². The summed E-state index contributed by atoms with van der Waals surface area (Å²) in [7, 11) is -1.33. The molecule has 2 aromatic rings. The zero-order chi connectivity index (χ0) is 20.5. The molecule has 0 aromatic heterocycles. The van der Waals surface area contributed by atoms with Gasteiger partial charge in [-0.3, -0.25) is 4.99 Å². The van der Waals surface area contributed by atoms with Gasteiger partial charge in [-0.25, -0.2) is 8.42 Å². The van der Waals surface area contributed by atoms with E-state index in [1.807, 2.05) is 36.4 Å². The highest BCUT2D eigenvalue weighted by molar-refractivity contribution is 14.0. The summed E-state index contributed by atoms with van der Waals surface area (Å²) in [6.07, 6.45) is 0.568. The van der Waals surface area contributed by atoms with Crippen molar-refractivity contribution in [3.8, 4) is 0 Å². The first-order valence-corrected chi connectivity index (χ1v) is 11.9. The van der Waals surface area contributed by atoms with Crippen molar-refractivity contribution in [1.29, 1.82) is 0 Å². The molecule has 0 aliphatic carbocycles. The van der Waals surface area contributed by atoms with Gasteiger partial charge in [-0.05, 0) is 24.1 Å². The van der Waals surface area contributed by atoms with E-state index >= 15 is 0 Å². The van der Waals surface area contributed by atoms with Crippen LogP contribution in [-0.4, -0.2) is 64.8 Å². The third kappa shape index (κ3) is 7.46. The van der Waals surface area contributed by atoms with Crippen molar-refractivity contribution in [3.63, 3.8) is 0 Å². The van der Waals surface area contributed by atoms with Crippen LogP contribution >= 0.6 is 24.0 Å². The number of piperazine rings is 1. The summed E-state index contributed by atoms with van der Waals surface area (Å²) < 4.78 is 24.6. The van der Waals surface area contributed by atoms with Crippen LogP contribution in [-0.2, 0) is 15.6 Å². The van der Waals surface area contributed by atoms with Crippen molar-refractivity contribution in [1.82, 2.24) is 10.2 Å². The Balaban J connectivity index is 0.00000320. The molecule has 1 saturated heterocycles. The average molecular weight is 542 g/mol. The van der Waals surface area contributed by atoms with E-state index in [0.717, 1.165) is 37.7 Å². The monoisotopic (exact) mass is 542 g/mol. The van der Waals surface area contributed by atoms with Crippen LogP contribution in [0.2, 0.25) is 0 Å². The van der Waals surface area contributed by atoms with Gasteiger partial charge in [0.05, 0.1) is 11.5 Å². The highest BCUT2D eigenvalue weighted by Crippen LogP contribution is 2.15. The third-order valence-corrected chi connectivity index (χ3v) is 6.74. The topological polar surface area (TPSA) is 65.0 Å². The molecule has 0 amide bonds. The maximum atomic E-state index is 12.3. The van der Waals surface area contributed by atoms with Crippen LogP contribution < -0.4 is 10.2 Å². The van der Waals surface area contributed by atoms with E-state index in [1.54, 1.807) is 7.05 Å². The Bertz CT molecular complexity index is 884. The van der Waals surface area contributed by atoms with E-state index in [2.05, 4.69) is 44.4 Å². The van der Waals surface area contributed by atoms with Gasteiger partial charge < -0.3 is 15.1 Å². The number of hydrogen-bond donors (Lipinski definition) is 1. The van der Waals surface area contributed by atoms with Crippen LogP contribution in [0, 0.1) is 0 Å². The molecular weight excluding hydrogens is 511 g/mol. The fraction of sp³-hybridized carbons (Fsp3) is 0.409. The number of aliphatic imine (C=N–C) groups is 1. The molecule has 0 radical (unpaired) electrons. The van der Waals surface area contributed by atoms with Crippen LogP contribution in [0.4, 0.5) is 5.69 Å². The first-order valence-electron chi connectivity index (χ1n) is 10.1. The maximum Gasteiger partial charge on any atom is 0.193 e. The van der Waals surface area contributed by atoms with Gasteiger partial charge in [-0.2, -0.15) is 0 Å². The molecule has 0 spiro atoms. The van der Waals surface area contributed by atoms with Gasteiger partial charge in [0.2, 0.25) is 0 Å². The van der Waals surface area contributed by atoms with Gasteiger partial charge in [-0.1, -0.05) is 48.5 Å². The summed E-state index contributed by atoms with van der Waals surface area (Å²) in [4.78, 5) is 8.98. The lowest BCUT2D eigenvalue weighted by Gasteiger charge is -2.37. The second-order valence-corrected chi connectivity index (χ2v) is 9.40. The number of para-hydroxylation sites is 1. The van der Waals surface area contributed by atoms with Gasteiger partial charge in [0.1, 0.15) is 0 Å². The number of sulfone groups is 1. The number of benzene rings is 2. The molecule has 0 bridgehead atoms. The highest BCUT2D eigenvalue weighted by atomic mass is 127. The molecule has 1 fully saturated rings. The van der Waals surface area contributed by atoms with Crippen molar-refractivity contribution in [2.24, 2.45) is 4.99 Å². The fourth-order valence-corrected chi connectivity index (χ4v) is 4.97. The number of anilines is 1. The lowest BCUT2D eigenvalue weighted by Crippen LogP contribution is -2.52. The number of rotatable bonds is 7. The largest absolute Gasteiger partial charge is 0.368 e. The molecule has 30 heavy (non-hydrogen) atoms. The minimum atomic E-state index is -3.10. The van der Waals surface area contributed by atoms with Crippen LogP contribution in [0.25, 0.3) is 0 Å². The first kappa shape index (κ1) is 24.5. The molecule has 1 aliphatic heterocycles. The Hall–Kier alpha value is -1.81. The second kappa shape index (κ2) is 12.1.